The van der Waals surface area contributed by atoms with Gasteiger partial charge in [-0.3, -0.25) is 24.1 Å². The van der Waals surface area contributed by atoms with Crippen molar-refractivity contribution in [2.75, 3.05) is 32.1 Å². The van der Waals surface area contributed by atoms with Gasteiger partial charge in [-0.25, -0.2) is 8.42 Å². The Hall–Kier alpha value is -3.57. The maximum absolute atomic E-state index is 13.0. The normalized spacial score (nSPS) is 18.3. The highest BCUT2D eigenvalue weighted by molar-refractivity contribution is 7.89. The van der Waals surface area contributed by atoms with E-state index in [-0.39, 0.29) is 24.4 Å². The smallest absolute Gasteiger partial charge is 0.309 e. The van der Waals surface area contributed by atoms with E-state index in [0.717, 1.165) is 4.90 Å². The van der Waals surface area contributed by atoms with Crippen molar-refractivity contribution in [2.45, 2.75) is 24.2 Å². The summed E-state index contributed by atoms with van der Waals surface area (Å²) in [6, 6.07) is 12.2. The third kappa shape index (κ3) is 4.96. The second-order valence-electron chi connectivity index (χ2n) is 8.36. The zero-order valence-corrected chi connectivity index (χ0v) is 19.9. The van der Waals surface area contributed by atoms with Crippen molar-refractivity contribution < 1.29 is 32.3 Å². The lowest BCUT2D eigenvalue weighted by Crippen LogP contribution is -2.42. The summed E-state index contributed by atoms with van der Waals surface area (Å²) in [6.07, 6.45) is 1.03. The first-order valence-corrected chi connectivity index (χ1v) is 12.6. The molecule has 3 amide bonds. The van der Waals surface area contributed by atoms with Gasteiger partial charge in [-0.1, -0.05) is 12.1 Å². The van der Waals surface area contributed by atoms with Gasteiger partial charge in [0.1, 0.15) is 0 Å². The molecule has 0 aliphatic carbocycles. The van der Waals surface area contributed by atoms with Crippen LogP contribution in [-0.2, 0) is 24.3 Å². The topological polar surface area (TPSA) is 130 Å². The number of rotatable bonds is 7. The first kappa shape index (κ1) is 24.6. The molecule has 0 spiro atoms. The third-order valence-electron chi connectivity index (χ3n) is 6.14. The van der Waals surface area contributed by atoms with Crippen LogP contribution in [0.1, 0.15) is 40.0 Å². The van der Waals surface area contributed by atoms with Crippen molar-refractivity contribution in [1.29, 1.82) is 0 Å². The minimum absolute atomic E-state index is 0.0482. The van der Waals surface area contributed by atoms with Crippen LogP contribution in [0.2, 0.25) is 0 Å². The number of hydrogen-bond acceptors (Lipinski definition) is 7. The Morgan fingerprint density at radius 3 is 2.26 bits per heavy atom. The molecule has 0 unspecified atom stereocenters. The van der Waals surface area contributed by atoms with Crippen LogP contribution < -0.4 is 5.32 Å². The highest BCUT2D eigenvalue weighted by Crippen LogP contribution is 2.26. The summed E-state index contributed by atoms with van der Waals surface area (Å²) in [5.41, 5.74) is 1.02. The number of benzene rings is 2. The largest absolute Gasteiger partial charge is 0.469 e. The summed E-state index contributed by atoms with van der Waals surface area (Å²) >= 11 is 0. The number of esters is 1. The molecule has 0 bridgehead atoms. The van der Waals surface area contributed by atoms with E-state index in [1.165, 1.54) is 35.7 Å². The third-order valence-corrected chi connectivity index (χ3v) is 8.01. The Labute approximate surface area is 202 Å². The van der Waals surface area contributed by atoms with Crippen molar-refractivity contribution in [3.63, 3.8) is 0 Å². The molecular formula is C24H25N3O7S. The summed E-state index contributed by atoms with van der Waals surface area (Å²) in [5.74, 6) is -2.21. The van der Waals surface area contributed by atoms with E-state index < -0.39 is 39.6 Å². The summed E-state index contributed by atoms with van der Waals surface area (Å²) in [6.45, 7) is 0.304. The number of methoxy groups -OCH3 is 1. The molecule has 2 aliphatic heterocycles. The second kappa shape index (κ2) is 9.96. The number of fused-ring (bicyclic) bond motifs is 1. The van der Waals surface area contributed by atoms with Gasteiger partial charge in [0.25, 0.3) is 11.8 Å². The number of piperidine rings is 1. The molecule has 1 fully saturated rings. The number of ether oxygens (including phenoxy) is 1. The monoisotopic (exact) mass is 499 g/mol. The molecular weight excluding hydrogens is 474 g/mol. The van der Waals surface area contributed by atoms with Gasteiger partial charge in [0.05, 0.1) is 29.1 Å². The molecule has 2 heterocycles. The van der Waals surface area contributed by atoms with Crippen LogP contribution in [0.25, 0.3) is 0 Å². The minimum Gasteiger partial charge on any atom is -0.469 e. The number of amides is 3. The molecule has 35 heavy (non-hydrogen) atoms. The molecule has 0 saturated carbocycles. The number of nitrogens with one attached hydrogen (secondary N) is 1. The van der Waals surface area contributed by atoms with Gasteiger partial charge in [-0.15, -0.1) is 0 Å². The quantitative estimate of drug-likeness (QED) is 0.455. The van der Waals surface area contributed by atoms with Crippen LogP contribution in [0.3, 0.4) is 0 Å². The van der Waals surface area contributed by atoms with Gasteiger partial charge < -0.3 is 10.1 Å². The van der Waals surface area contributed by atoms with E-state index in [2.05, 4.69) is 5.32 Å². The van der Waals surface area contributed by atoms with Crippen molar-refractivity contribution in [3.05, 3.63) is 59.7 Å². The van der Waals surface area contributed by atoms with Gasteiger partial charge in [0.2, 0.25) is 15.9 Å². The van der Waals surface area contributed by atoms with E-state index in [0.29, 0.717) is 36.2 Å². The minimum atomic E-state index is -3.81. The average molecular weight is 500 g/mol. The molecule has 1 N–H and O–H groups in total. The molecule has 0 radical (unpaired) electrons. The summed E-state index contributed by atoms with van der Waals surface area (Å²) in [5, 5.41) is 2.65. The molecule has 0 aromatic heterocycles. The fourth-order valence-electron chi connectivity index (χ4n) is 4.26. The van der Waals surface area contributed by atoms with Crippen LogP contribution >= 0.6 is 0 Å². The Kier molecular flexibility index (Phi) is 6.99. The van der Waals surface area contributed by atoms with Crippen molar-refractivity contribution in [1.82, 2.24) is 9.21 Å². The zero-order chi connectivity index (χ0) is 25.2. The maximum Gasteiger partial charge on any atom is 0.309 e. The SMILES string of the molecule is COC(=O)[C@@H]1CCCN(S(=O)(=O)c2ccc(NC(=O)CCN3C(=O)c4ccccc4C3=O)cc2)C1. The number of carbonyl (C=O) groups is 4. The van der Waals surface area contributed by atoms with Gasteiger partial charge in [0.15, 0.2) is 0 Å². The first-order valence-electron chi connectivity index (χ1n) is 11.2. The molecule has 2 aliphatic rings. The Bertz CT molecular complexity index is 1240. The van der Waals surface area contributed by atoms with E-state index in [1.54, 1.807) is 24.3 Å². The van der Waals surface area contributed by atoms with Crippen LogP contribution in [-0.4, -0.2) is 68.1 Å². The lowest BCUT2D eigenvalue weighted by atomic mass is 10.0. The van der Waals surface area contributed by atoms with Crippen LogP contribution in [0.4, 0.5) is 5.69 Å². The fourth-order valence-corrected chi connectivity index (χ4v) is 5.78. The molecule has 2 aromatic rings. The van der Waals surface area contributed by atoms with Gasteiger partial charge in [-0.05, 0) is 49.2 Å². The molecule has 4 rings (SSSR count). The molecule has 2 aromatic carbocycles. The predicted molar refractivity (Wildman–Crippen MR) is 125 cm³/mol. The molecule has 1 saturated heterocycles. The zero-order valence-electron chi connectivity index (χ0n) is 19.1. The van der Waals surface area contributed by atoms with Crippen molar-refractivity contribution >= 4 is 39.4 Å². The van der Waals surface area contributed by atoms with Crippen LogP contribution in [0, 0.1) is 5.92 Å². The number of sulfonamides is 1. The summed E-state index contributed by atoms with van der Waals surface area (Å²) in [4.78, 5) is 50.1. The number of carbonyl (C=O) groups excluding carboxylic acids is 4. The molecule has 184 valence electrons. The highest BCUT2D eigenvalue weighted by atomic mass is 32.2. The molecule has 10 nitrogen and oxygen atoms in total. The number of anilines is 1. The van der Waals surface area contributed by atoms with Crippen molar-refractivity contribution in [3.8, 4) is 0 Å². The molecule has 1 atom stereocenters. The highest BCUT2D eigenvalue weighted by Gasteiger charge is 2.35. The Morgan fingerprint density at radius 2 is 1.66 bits per heavy atom. The number of hydrogen-bond donors (Lipinski definition) is 1. The lowest BCUT2D eigenvalue weighted by Gasteiger charge is -2.30. The molecule has 11 heteroatoms. The maximum atomic E-state index is 13.0. The number of imide groups is 1. The first-order chi connectivity index (χ1) is 16.7. The number of nitrogens with zero attached hydrogens (tertiary/aromatic N) is 2. The summed E-state index contributed by atoms with van der Waals surface area (Å²) in [7, 11) is -2.53. The van der Waals surface area contributed by atoms with E-state index in [4.69, 9.17) is 4.74 Å². The standard InChI is InChI=1S/C24H25N3O7S/c1-34-24(31)16-5-4-13-26(15-16)35(32,33)18-10-8-17(9-11-18)25-21(28)12-14-27-22(29)19-6-2-3-7-20(19)23(27)30/h2-3,6-11,16H,4-5,12-15H2,1H3,(H,25,28)/t16-/m1/s1. The Morgan fingerprint density at radius 1 is 1.03 bits per heavy atom. The van der Waals surface area contributed by atoms with E-state index in [9.17, 15) is 27.6 Å². The average Bonchev–Trinajstić information content (AvgIpc) is 3.12. The second-order valence-corrected chi connectivity index (χ2v) is 10.3. The van der Waals surface area contributed by atoms with Gasteiger partial charge in [0, 0.05) is 31.7 Å². The van der Waals surface area contributed by atoms with Crippen molar-refractivity contribution in [2.24, 2.45) is 5.92 Å². The van der Waals surface area contributed by atoms with Crippen LogP contribution in [0.5, 0.6) is 0 Å². The van der Waals surface area contributed by atoms with E-state index in [1.807, 2.05) is 0 Å². The van der Waals surface area contributed by atoms with Crippen LogP contribution in [0.15, 0.2) is 53.4 Å². The van der Waals surface area contributed by atoms with Gasteiger partial charge in [-0.2, -0.15) is 4.31 Å². The fraction of sp³-hybridized carbons (Fsp3) is 0.333. The van der Waals surface area contributed by atoms with Gasteiger partial charge >= 0.3 is 5.97 Å². The predicted octanol–water partition coefficient (Wildman–Crippen LogP) is 1.89. The lowest BCUT2D eigenvalue weighted by molar-refractivity contribution is -0.146. The summed E-state index contributed by atoms with van der Waals surface area (Å²) < 4.78 is 32.0. The van der Waals surface area contributed by atoms with E-state index >= 15 is 0 Å². The Balaban J connectivity index is 1.34.